The molecule has 1 aliphatic rings. The molecule has 2 rings (SSSR count). The van der Waals surface area contributed by atoms with Crippen LogP contribution in [0.5, 0.6) is 0 Å². The topological polar surface area (TPSA) is 64.3 Å². The molecule has 0 amide bonds. The molecule has 0 aromatic carbocycles. The number of nitrogens with zero attached hydrogens (tertiary/aromatic N) is 3. The summed E-state index contributed by atoms with van der Waals surface area (Å²) in [5, 5.41) is 0. The summed E-state index contributed by atoms with van der Waals surface area (Å²) in [6.45, 7) is 9.48. The lowest BCUT2D eigenvalue weighted by Crippen LogP contribution is -2.37. The van der Waals surface area contributed by atoms with Crippen LogP contribution in [0.4, 0.5) is 11.6 Å². The van der Waals surface area contributed by atoms with E-state index in [9.17, 15) is 0 Å². The van der Waals surface area contributed by atoms with E-state index in [1.54, 1.807) is 0 Å². The van der Waals surface area contributed by atoms with Crippen molar-refractivity contribution < 1.29 is 4.74 Å². The first-order valence-electron chi connectivity index (χ1n) is 5.94. The molecule has 5 heteroatoms. The zero-order valence-corrected chi connectivity index (χ0v) is 10.7. The minimum Gasteiger partial charge on any atom is -0.384 e. The highest BCUT2D eigenvalue weighted by molar-refractivity contribution is 5.47. The smallest absolute Gasteiger partial charge is 0.138 e. The van der Waals surface area contributed by atoms with Crippen molar-refractivity contribution in [2.45, 2.75) is 26.2 Å². The van der Waals surface area contributed by atoms with E-state index < -0.39 is 0 Å². The second kappa shape index (κ2) is 4.49. The number of ether oxygens (including phenoxy) is 1. The van der Waals surface area contributed by atoms with Crippen LogP contribution in [-0.2, 0) is 10.2 Å². The second-order valence-corrected chi connectivity index (χ2v) is 5.32. The first-order valence-corrected chi connectivity index (χ1v) is 5.94. The minimum absolute atomic E-state index is 0.0869. The SMILES string of the molecule is CC(C)(C)c1nc(N)cc(N2CCOCC2)n1. The van der Waals surface area contributed by atoms with Crippen LogP contribution < -0.4 is 10.6 Å². The second-order valence-electron chi connectivity index (χ2n) is 5.32. The van der Waals surface area contributed by atoms with Crippen molar-refractivity contribution in [2.24, 2.45) is 0 Å². The number of rotatable bonds is 1. The number of nitrogen functional groups attached to an aromatic ring is 1. The molecule has 1 fully saturated rings. The molecule has 17 heavy (non-hydrogen) atoms. The molecule has 1 aromatic heterocycles. The minimum atomic E-state index is -0.0869. The maximum absolute atomic E-state index is 5.85. The zero-order chi connectivity index (χ0) is 12.5. The van der Waals surface area contributed by atoms with Crippen LogP contribution in [0.3, 0.4) is 0 Å². The van der Waals surface area contributed by atoms with Gasteiger partial charge in [-0.1, -0.05) is 20.8 Å². The van der Waals surface area contributed by atoms with Crippen LogP contribution in [-0.4, -0.2) is 36.3 Å². The summed E-state index contributed by atoms with van der Waals surface area (Å²) < 4.78 is 5.33. The first-order chi connectivity index (χ1) is 7.97. The number of anilines is 2. The lowest BCUT2D eigenvalue weighted by Gasteiger charge is -2.29. The summed E-state index contributed by atoms with van der Waals surface area (Å²) in [4.78, 5) is 11.1. The fraction of sp³-hybridized carbons (Fsp3) is 0.667. The molecular formula is C12H20N4O. The van der Waals surface area contributed by atoms with Gasteiger partial charge in [0.25, 0.3) is 0 Å². The van der Waals surface area contributed by atoms with Gasteiger partial charge in [0.1, 0.15) is 17.5 Å². The van der Waals surface area contributed by atoms with Gasteiger partial charge in [-0.15, -0.1) is 0 Å². The Morgan fingerprint density at radius 3 is 2.47 bits per heavy atom. The Hall–Kier alpha value is -1.36. The van der Waals surface area contributed by atoms with E-state index in [1.165, 1.54) is 0 Å². The molecule has 0 radical (unpaired) electrons. The highest BCUT2D eigenvalue weighted by Gasteiger charge is 2.21. The fourth-order valence-electron chi connectivity index (χ4n) is 1.74. The standard InChI is InChI=1S/C12H20N4O/c1-12(2,3)11-14-9(13)8-10(15-11)16-4-6-17-7-5-16/h8H,4-7H2,1-3H3,(H2,13,14,15). The van der Waals surface area contributed by atoms with Crippen LogP contribution >= 0.6 is 0 Å². The summed E-state index contributed by atoms with van der Waals surface area (Å²) >= 11 is 0. The van der Waals surface area contributed by atoms with Gasteiger partial charge in [0.2, 0.25) is 0 Å². The molecule has 5 nitrogen and oxygen atoms in total. The number of aromatic nitrogens is 2. The van der Waals surface area contributed by atoms with Gasteiger partial charge in [-0.2, -0.15) is 0 Å². The van der Waals surface area contributed by atoms with Crippen molar-refractivity contribution in [1.82, 2.24) is 9.97 Å². The number of morpholine rings is 1. The third-order valence-electron chi connectivity index (χ3n) is 2.74. The molecule has 2 N–H and O–H groups in total. The number of nitrogens with two attached hydrogens (primary N) is 1. The summed E-state index contributed by atoms with van der Waals surface area (Å²) in [7, 11) is 0. The van der Waals surface area contributed by atoms with Crippen LogP contribution in [0.1, 0.15) is 26.6 Å². The molecule has 1 aromatic rings. The van der Waals surface area contributed by atoms with Gasteiger partial charge in [-0.25, -0.2) is 9.97 Å². The molecule has 0 aliphatic carbocycles. The third kappa shape index (κ3) is 2.85. The molecule has 2 heterocycles. The van der Waals surface area contributed by atoms with Gasteiger partial charge in [0.15, 0.2) is 0 Å². The van der Waals surface area contributed by atoms with Crippen molar-refractivity contribution in [2.75, 3.05) is 36.9 Å². The van der Waals surface area contributed by atoms with Crippen LogP contribution in [0.15, 0.2) is 6.07 Å². The molecule has 1 saturated heterocycles. The monoisotopic (exact) mass is 236 g/mol. The summed E-state index contributed by atoms with van der Waals surface area (Å²) in [5.41, 5.74) is 5.77. The van der Waals surface area contributed by atoms with Gasteiger partial charge in [-0.05, 0) is 0 Å². The van der Waals surface area contributed by atoms with Crippen molar-refractivity contribution in [3.63, 3.8) is 0 Å². The maximum Gasteiger partial charge on any atom is 0.138 e. The Morgan fingerprint density at radius 2 is 1.88 bits per heavy atom. The fourth-order valence-corrected chi connectivity index (χ4v) is 1.74. The average Bonchev–Trinajstić information content (AvgIpc) is 2.28. The van der Waals surface area contributed by atoms with Crippen LogP contribution in [0, 0.1) is 0 Å². The van der Waals surface area contributed by atoms with E-state index in [4.69, 9.17) is 10.5 Å². The van der Waals surface area contributed by atoms with E-state index in [0.717, 1.165) is 37.9 Å². The quantitative estimate of drug-likeness (QED) is 0.793. The third-order valence-corrected chi connectivity index (χ3v) is 2.74. The van der Waals surface area contributed by atoms with E-state index in [1.807, 2.05) is 6.07 Å². The van der Waals surface area contributed by atoms with Crippen molar-refractivity contribution in [3.8, 4) is 0 Å². The normalized spacial score (nSPS) is 17.2. The zero-order valence-electron chi connectivity index (χ0n) is 10.7. The summed E-state index contributed by atoms with van der Waals surface area (Å²) in [5.74, 6) is 2.23. The van der Waals surface area contributed by atoms with Gasteiger partial charge >= 0.3 is 0 Å². The summed E-state index contributed by atoms with van der Waals surface area (Å²) in [6, 6.07) is 1.83. The van der Waals surface area contributed by atoms with Crippen molar-refractivity contribution in [1.29, 1.82) is 0 Å². The predicted molar refractivity (Wildman–Crippen MR) is 68.2 cm³/mol. The van der Waals surface area contributed by atoms with Crippen molar-refractivity contribution in [3.05, 3.63) is 11.9 Å². The Balaban J connectivity index is 2.31. The Kier molecular flexibility index (Phi) is 3.19. The molecular weight excluding hydrogens is 216 g/mol. The first kappa shape index (κ1) is 12.1. The molecule has 0 spiro atoms. The molecule has 1 aliphatic heterocycles. The predicted octanol–water partition coefficient (Wildman–Crippen LogP) is 1.19. The molecule has 0 saturated carbocycles. The van der Waals surface area contributed by atoms with Gasteiger partial charge in [0.05, 0.1) is 13.2 Å². The lowest BCUT2D eigenvalue weighted by atomic mass is 9.96. The Morgan fingerprint density at radius 1 is 1.24 bits per heavy atom. The molecule has 0 atom stereocenters. The number of hydrogen-bond donors (Lipinski definition) is 1. The maximum atomic E-state index is 5.85. The molecule has 0 unspecified atom stereocenters. The van der Waals surface area contributed by atoms with Gasteiger partial charge in [0, 0.05) is 24.6 Å². The lowest BCUT2D eigenvalue weighted by molar-refractivity contribution is 0.122. The van der Waals surface area contributed by atoms with E-state index in [0.29, 0.717) is 5.82 Å². The molecule has 0 bridgehead atoms. The highest BCUT2D eigenvalue weighted by atomic mass is 16.5. The van der Waals surface area contributed by atoms with E-state index >= 15 is 0 Å². The van der Waals surface area contributed by atoms with Crippen molar-refractivity contribution >= 4 is 11.6 Å². The van der Waals surface area contributed by atoms with E-state index in [2.05, 4.69) is 35.6 Å². The van der Waals surface area contributed by atoms with E-state index in [-0.39, 0.29) is 5.41 Å². The van der Waals surface area contributed by atoms with Gasteiger partial charge < -0.3 is 15.4 Å². The largest absolute Gasteiger partial charge is 0.384 e. The van der Waals surface area contributed by atoms with Gasteiger partial charge in [-0.3, -0.25) is 0 Å². The number of hydrogen-bond acceptors (Lipinski definition) is 5. The molecule has 94 valence electrons. The highest BCUT2D eigenvalue weighted by Crippen LogP contribution is 2.23. The Bertz CT molecular complexity index is 394. The van der Waals surface area contributed by atoms with Crippen LogP contribution in [0.25, 0.3) is 0 Å². The Labute approximate surface area is 102 Å². The average molecular weight is 236 g/mol. The summed E-state index contributed by atoms with van der Waals surface area (Å²) in [6.07, 6.45) is 0. The van der Waals surface area contributed by atoms with Crippen LogP contribution in [0.2, 0.25) is 0 Å².